The SMILES string of the molecule is COc1ncc(C)cc1Cl. The summed E-state index contributed by atoms with van der Waals surface area (Å²) in [5.74, 6) is 0.479. The molecule has 0 aliphatic rings. The molecule has 0 aliphatic heterocycles. The standard InChI is InChI=1S/C7H8ClNO/c1-5-3-6(8)7(10-2)9-4-5/h3-4H,1-2H3. The third-order valence-corrected chi connectivity index (χ3v) is 1.41. The largest absolute Gasteiger partial charge is 0.480 e. The zero-order valence-corrected chi connectivity index (χ0v) is 6.64. The molecule has 0 N–H and O–H groups in total. The van der Waals surface area contributed by atoms with Crippen molar-refractivity contribution in [1.29, 1.82) is 0 Å². The van der Waals surface area contributed by atoms with Gasteiger partial charge in [-0.1, -0.05) is 11.6 Å². The van der Waals surface area contributed by atoms with Gasteiger partial charge in [-0.2, -0.15) is 0 Å². The zero-order valence-electron chi connectivity index (χ0n) is 5.89. The van der Waals surface area contributed by atoms with Crippen LogP contribution in [-0.2, 0) is 0 Å². The summed E-state index contributed by atoms with van der Waals surface area (Å²) in [6.07, 6.45) is 1.71. The minimum absolute atomic E-state index is 0.479. The predicted octanol–water partition coefficient (Wildman–Crippen LogP) is 2.05. The van der Waals surface area contributed by atoms with Crippen LogP contribution in [-0.4, -0.2) is 12.1 Å². The van der Waals surface area contributed by atoms with E-state index in [0.717, 1.165) is 5.56 Å². The van der Waals surface area contributed by atoms with Crippen LogP contribution in [0.2, 0.25) is 5.02 Å². The Kier molecular flexibility index (Phi) is 2.12. The van der Waals surface area contributed by atoms with Gasteiger partial charge in [-0.15, -0.1) is 0 Å². The van der Waals surface area contributed by atoms with E-state index in [1.807, 2.05) is 13.0 Å². The zero-order chi connectivity index (χ0) is 7.56. The summed E-state index contributed by atoms with van der Waals surface area (Å²) < 4.78 is 4.86. The Morgan fingerprint density at radius 3 is 2.80 bits per heavy atom. The molecule has 0 radical (unpaired) electrons. The van der Waals surface area contributed by atoms with Crippen molar-refractivity contribution in [2.75, 3.05) is 7.11 Å². The Labute approximate surface area is 64.8 Å². The van der Waals surface area contributed by atoms with Gasteiger partial charge in [-0.3, -0.25) is 0 Å². The lowest BCUT2D eigenvalue weighted by molar-refractivity contribution is 0.398. The van der Waals surface area contributed by atoms with E-state index in [0.29, 0.717) is 10.9 Å². The first kappa shape index (κ1) is 7.35. The van der Waals surface area contributed by atoms with Crippen LogP contribution >= 0.6 is 11.6 Å². The van der Waals surface area contributed by atoms with E-state index in [-0.39, 0.29) is 0 Å². The number of rotatable bonds is 1. The Bertz CT molecular complexity index is 237. The number of aryl methyl sites for hydroxylation is 1. The van der Waals surface area contributed by atoms with Crippen LogP contribution in [0.1, 0.15) is 5.56 Å². The summed E-state index contributed by atoms with van der Waals surface area (Å²) in [4.78, 5) is 3.94. The van der Waals surface area contributed by atoms with Crippen molar-refractivity contribution < 1.29 is 4.74 Å². The molecule has 1 rings (SSSR count). The fourth-order valence-corrected chi connectivity index (χ4v) is 0.969. The fraction of sp³-hybridized carbons (Fsp3) is 0.286. The first-order valence-corrected chi connectivity index (χ1v) is 3.28. The molecule has 2 nitrogen and oxygen atoms in total. The molecule has 0 unspecified atom stereocenters. The monoisotopic (exact) mass is 157 g/mol. The van der Waals surface area contributed by atoms with Crippen molar-refractivity contribution in [3.63, 3.8) is 0 Å². The highest BCUT2D eigenvalue weighted by Gasteiger charge is 1.99. The quantitative estimate of drug-likeness (QED) is 0.623. The lowest BCUT2D eigenvalue weighted by Crippen LogP contribution is -1.88. The van der Waals surface area contributed by atoms with Gasteiger partial charge in [-0.25, -0.2) is 4.98 Å². The number of ether oxygens (including phenoxy) is 1. The van der Waals surface area contributed by atoms with Crippen LogP contribution in [0.15, 0.2) is 12.3 Å². The molecular formula is C7H8ClNO. The smallest absolute Gasteiger partial charge is 0.232 e. The lowest BCUT2D eigenvalue weighted by Gasteiger charge is -2.00. The van der Waals surface area contributed by atoms with Crippen LogP contribution < -0.4 is 4.74 Å². The average Bonchev–Trinajstić information content (AvgIpc) is 1.88. The molecule has 0 saturated carbocycles. The molecule has 54 valence electrons. The van der Waals surface area contributed by atoms with Gasteiger partial charge in [0.15, 0.2) is 0 Å². The summed E-state index contributed by atoms with van der Waals surface area (Å²) in [5.41, 5.74) is 1.03. The van der Waals surface area contributed by atoms with E-state index >= 15 is 0 Å². The maximum absolute atomic E-state index is 5.74. The van der Waals surface area contributed by atoms with E-state index in [9.17, 15) is 0 Å². The number of methoxy groups -OCH3 is 1. The first-order chi connectivity index (χ1) is 4.74. The molecule has 3 heteroatoms. The van der Waals surface area contributed by atoms with Crippen molar-refractivity contribution in [1.82, 2.24) is 4.98 Å². The van der Waals surface area contributed by atoms with Crippen LogP contribution in [0.3, 0.4) is 0 Å². The van der Waals surface area contributed by atoms with Gasteiger partial charge < -0.3 is 4.74 Å². The molecule has 0 aliphatic carbocycles. The molecule has 0 saturated heterocycles. The van der Waals surface area contributed by atoms with E-state index in [2.05, 4.69) is 4.98 Å². The van der Waals surface area contributed by atoms with Crippen LogP contribution in [0.5, 0.6) is 5.88 Å². The lowest BCUT2D eigenvalue weighted by atomic mass is 10.3. The van der Waals surface area contributed by atoms with Crippen molar-refractivity contribution in [3.8, 4) is 5.88 Å². The number of halogens is 1. The number of pyridine rings is 1. The van der Waals surface area contributed by atoms with Crippen LogP contribution in [0.25, 0.3) is 0 Å². The molecule has 1 heterocycles. The van der Waals surface area contributed by atoms with Crippen molar-refractivity contribution in [2.45, 2.75) is 6.92 Å². The van der Waals surface area contributed by atoms with Gasteiger partial charge >= 0.3 is 0 Å². The minimum atomic E-state index is 0.479. The van der Waals surface area contributed by atoms with E-state index < -0.39 is 0 Å². The number of hydrogen-bond acceptors (Lipinski definition) is 2. The molecule has 0 bridgehead atoms. The summed E-state index contributed by atoms with van der Waals surface area (Å²) in [5, 5.41) is 0.558. The summed E-state index contributed by atoms with van der Waals surface area (Å²) >= 11 is 5.74. The second-order valence-electron chi connectivity index (χ2n) is 2.00. The second-order valence-corrected chi connectivity index (χ2v) is 2.41. The Balaban J connectivity index is 3.07. The fourth-order valence-electron chi connectivity index (χ4n) is 0.671. The third kappa shape index (κ3) is 1.39. The highest BCUT2D eigenvalue weighted by Crippen LogP contribution is 2.20. The highest BCUT2D eigenvalue weighted by atomic mass is 35.5. The van der Waals surface area contributed by atoms with Gasteiger partial charge in [0, 0.05) is 6.20 Å². The van der Waals surface area contributed by atoms with Crippen LogP contribution in [0.4, 0.5) is 0 Å². The molecule has 10 heavy (non-hydrogen) atoms. The normalized spacial score (nSPS) is 9.50. The topological polar surface area (TPSA) is 22.1 Å². The molecule has 0 spiro atoms. The number of hydrogen-bond donors (Lipinski definition) is 0. The second kappa shape index (κ2) is 2.88. The molecule has 0 amide bonds. The highest BCUT2D eigenvalue weighted by molar-refractivity contribution is 6.31. The Hall–Kier alpha value is -0.760. The van der Waals surface area contributed by atoms with E-state index in [1.54, 1.807) is 13.3 Å². The van der Waals surface area contributed by atoms with Crippen LogP contribution in [0, 0.1) is 6.92 Å². The Morgan fingerprint density at radius 2 is 2.30 bits per heavy atom. The summed E-state index contributed by atoms with van der Waals surface area (Å²) in [7, 11) is 1.55. The predicted molar refractivity (Wildman–Crippen MR) is 40.5 cm³/mol. The molecule has 1 aromatic rings. The molecule has 0 fully saturated rings. The van der Waals surface area contributed by atoms with E-state index in [4.69, 9.17) is 16.3 Å². The molecular weight excluding hydrogens is 150 g/mol. The van der Waals surface area contributed by atoms with Crippen molar-refractivity contribution in [3.05, 3.63) is 22.8 Å². The van der Waals surface area contributed by atoms with Gasteiger partial charge in [0.25, 0.3) is 0 Å². The Morgan fingerprint density at radius 1 is 1.60 bits per heavy atom. The molecule has 0 atom stereocenters. The minimum Gasteiger partial charge on any atom is -0.480 e. The summed E-state index contributed by atoms with van der Waals surface area (Å²) in [6, 6.07) is 1.81. The maximum Gasteiger partial charge on any atom is 0.232 e. The number of nitrogens with zero attached hydrogens (tertiary/aromatic N) is 1. The van der Waals surface area contributed by atoms with Gasteiger partial charge in [-0.05, 0) is 18.6 Å². The molecule has 1 aromatic heterocycles. The number of aromatic nitrogens is 1. The maximum atomic E-state index is 5.74. The van der Waals surface area contributed by atoms with Gasteiger partial charge in [0.05, 0.1) is 7.11 Å². The van der Waals surface area contributed by atoms with Crippen molar-refractivity contribution >= 4 is 11.6 Å². The van der Waals surface area contributed by atoms with Crippen molar-refractivity contribution in [2.24, 2.45) is 0 Å². The van der Waals surface area contributed by atoms with E-state index in [1.165, 1.54) is 0 Å². The molecule has 0 aromatic carbocycles. The first-order valence-electron chi connectivity index (χ1n) is 2.90. The third-order valence-electron chi connectivity index (χ3n) is 1.14. The van der Waals surface area contributed by atoms with Gasteiger partial charge in [0.2, 0.25) is 5.88 Å². The summed E-state index contributed by atoms with van der Waals surface area (Å²) in [6.45, 7) is 1.93. The average molecular weight is 158 g/mol. The van der Waals surface area contributed by atoms with Gasteiger partial charge in [0.1, 0.15) is 5.02 Å².